The van der Waals surface area contributed by atoms with Crippen LogP contribution in [0, 0.1) is 0 Å². The van der Waals surface area contributed by atoms with Crippen LogP contribution in [0.2, 0.25) is 0 Å². The summed E-state index contributed by atoms with van der Waals surface area (Å²) in [6.07, 6.45) is 4.30. The van der Waals surface area contributed by atoms with Gasteiger partial charge in [-0.1, -0.05) is 85.7 Å². The van der Waals surface area contributed by atoms with E-state index in [9.17, 15) is 10.2 Å². The Bertz CT molecular complexity index is 1900. The van der Waals surface area contributed by atoms with E-state index in [4.69, 9.17) is 4.74 Å². The largest absolute Gasteiger partial charge is 0.508 e. The molecule has 5 aromatic rings. The van der Waals surface area contributed by atoms with Gasteiger partial charge in [-0.25, -0.2) is 0 Å². The molecule has 0 unspecified atom stereocenters. The van der Waals surface area contributed by atoms with Gasteiger partial charge in [-0.15, -0.1) is 0 Å². The van der Waals surface area contributed by atoms with E-state index in [1.807, 2.05) is 24.3 Å². The fourth-order valence-electron chi connectivity index (χ4n) is 6.72. The maximum Gasteiger partial charge on any atom is 0.135 e. The molecule has 0 saturated carbocycles. The quantitative estimate of drug-likeness (QED) is 0.201. The number of rotatable bonds is 6. The lowest BCUT2D eigenvalue weighted by Crippen LogP contribution is -2.00. The van der Waals surface area contributed by atoms with Crippen molar-refractivity contribution in [2.75, 3.05) is 0 Å². The van der Waals surface area contributed by atoms with Crippen LogP contribution in [0.4, 0.5) is 0 Å². The van der Waals surface area contributed by atoms with Gasteiger partial charge in [0.2, 0.25) is 0 Å². The van der Waals surface area contributed by atoms with E-state index in [-0.39, 0.29) is 23.7 Å². The van der Waals surface area contributed by atoms with Gasteiger partial charge in [0, 0.05) is 11.1 Å². The summed E-state index contributed by atoms with van der Waals surface area (Å²) in [7, 11) is 0. The van der Waals surface area contributed by atoms with Gasteiger partial charge in [0.25, 0.3) is 0 Å². The summed E-state index contributed by atoms with van der Waals surface area (Å²) < 4.78 is 6.57. The number of phenolic OH excluding ortho intramolecular Hbond substituents is 2. The first-order chi connectivity index (χ1) is 21.4. The number of benzene rings is 5. The molecule has 0 saturated heterocycles. The van der Waals surface area contributed by atoms with E-state index in [0.29, 0.717) is 11.5 Å². The molecule has 1 aliphatic rings. The highest BCUT2D eigenvalue weighted by Crippen LogP contribution is 2.44. The van der Waals surface area contributed by atoms with Crippen LogP contribution in [0.15, 0.2) is 72.8 Å². The van der Waals surface area contributed by atoms with Gasteiger partial charge in [-0.05, 0) is 134 Å². The minimum atomic E-state index is 0.270. The predicted octanol–water partition coefficient (Wildman–Crippen LogP) is 12.4. The molecular weight excluding hydrogens is 552 g/mol. The maximum atomic E-state index is 10.5. The second-order valence-corrected chi connectivity index (χ2v) is 13.8. The third kappa shape index (κ3) is 5.73. The van der Waals surface area contributed by atoms with E-state index in [1.54, 1.807) is 0 Å². The fourth-order valence-corrected chi connectivity index (χ4v) is 6.72. The van der Waals surface area contributed by atoms with Crippen molar-refractivity contribution in [2.45, 2.75) is 79.1 Å². The Morgan fingerprint density at radius 1 is 0.444 bits per heavy atom. The minimum absolute atomic E-state index is 0.270. The second kappa shape index (κ2) is 11.8. The molecule has 5 aromatic carbocycles. The first-order valence-electron chi connectivity index (χ1n) is 16.2. The topological polar surface area (TPSA) is 49.7 Å². The summed E-state index contributed by atoms with van der Waals surface area (Å²) >= 11 is 0. The van der Waals surface area contributed by atoms with Crippen LogP contribution >= 0.6 is 0 Å². The Hall–Kier alpha value is -4.50. The Kier molecular flexibility index (Phi) is 7.99. The van der Waals surface area contributed by atoms with Gasteiger partial charge in [0.1, 0.15) is 23.0 Å². The van der Waals surface area contributed by atoms with Crippen molar-refractivity contribution in [3.05, 3.63) is 106 Å². The van der Waals surface area contributed by atoms with Crippen LogP contribution in [0.3, 0.4) is 0 Å². The normalized spacial score (nSPS) is 12.6. The Morgan fingerprint density at radius 2 is 0.889 bits per heavy atom. The first kappa shape index (κ1) is 30.5. The lowest BCUT2D eigenvalue weighted by molar-refractivity contribution is 0.472. The van der Waals surface area contributed by atoms with Gasteiger partial charge in [0.05, 0.1) is 0 Å². The van der Waals surface area contributed by atoms with Gasteiger partial charge >= 0.3 is 0 Å². The molecule has 0 fully saturated rings. The molecule has 3 heteroatoms. The summed E-state index contributed by atoms with van der Waals surface area (Å²) in [6.45, 7) is 17.4. The van der Waals surface area contributed by atoms with Crippen LogP contribution in [-0.2, 0) is 0 Å². The van der Waals surface area contributed by atoms with Crippen molar-refractivity contribution in [3.8, 4) is 45.3 Å². The average molecular weight is 597 g/mol. The summed E-state index contributed by atoms with van der Waals surface area (Å²) in [5.41, 5.74) is 11.4. The standard InChI is InChI=1S/C42H44O3/c1-23(2)35-19-33(43)20-36(24(3)4)41(35)30-12-9-27-18-40-29(16-32(27)17-30)11-10-28-15-31(13-14-39(28)45-40)42-37(25(5)6)21-34(44)22-38(42)26(7)8/h9-26,43-44H,1-8H3. The number of hydrogen-bond donors (Lipinski definition) is 2. The van der Waals surface area contributed by atoms with E-state index in [2.05, 4.69) is 116 Å². The van der Waals surface area contributed by atoms with Crippen LogP contribution < -0.4 is 4.74 Å². The smallest absolute Gasteiger partial charge is 0.135 e. The van der Waals surface area contributed by atoms with E-state index >= 15 is 0 Å². The summed E-state index contributed by atoms with van der Waals surface area (Å²) in [5, 5.41) is 23.3. The van der Waals surface area contributed by atoms with Crippen molar-refractivity contribution in [3.63, 3.8) is 0 Å². The molecule has 0 spiro atoms. The number of ether oxygens (including phenoxy) is 1. The molecule has 0 aromatic heterocycles. The summed E-state index contributed by atoms with van der Waals surface area (Å²) in [6, 6.07) is 25.1. The Labute approximate surface area is 267 Å². The molecule has 45 heavy (non-hydrogen) atoms. The highest BCUT2D eigenvalue weighted by atomic mass is 16.5. The van der Waals surface area contributed by atoms with E-state index in [0.717, 1.165) is 66.8 Å². The molecular formula is C42H44O3. The molecule has 1 heterocycles. The number of fused-ring (bicyclic) bond motifs is 3. The molecule has 230 valence electrons. The van der Waals surface area contributed by atoms with Crippen LogP contribution in [0.5, 0.6) is 23.0 Å². The molecule has 0 bridgehead atoms. The van der Waals surface area contributed by atoms with Gasteiger partial charge in [0.15, 0.2) is 0 Å². The zero-order valence-electron chi connectivity index (χ0n) is 27.7. The highest BCUT2D eigenvalue weighted by molar-refractivity contribution is 5.94. The number of hydrogen-bond acceptors (Lipinski definition) is 3. The monoisotopic (exact) mass is 596 g/mol. The zero-order valence-corrected chi connectivity index (χ0v) is 27.7. The summed E-state index contributed by atoms with van der Waals surface area (Å²) in [4.78, 5) is 0. The van der Waals surface area contributed by atoms with Crippen molar-refractivity contribution >= 4 is 22.9 Å². The molecule has 1 aliphatic heterocycles. The van der Waals surface area contributed by atoms with Crippen molar-refractivity contribution in [1.29, 1.82) is 0 Å². The lowest BCUT2D eigenvalue weighted by atomic mass is 9.84. The molecule has 0 amide bonds. The minimum Gasteiger partial charge on any atom is -0.508 e. The van der Waals surface area contributed by atoms with E-state index in [1.165, 1.54) is 11.1 Å². The summed E-state index contributed by atoms with van der Waals surface area (Å²) in [5.74, 6) is 3.41. The molecule has 2 N–H and O–H groups in total. The van der Waals surface area contributed by atoms with Crippen LogP contribution in [0.25, 0.3) is 45.2 Å². The second-order valence-electron chi connectivity index (χ2n) is 13.8. The van der Waals surface area contributed by atoms with Crippen LogP contribution in [-0.4, -0.2) is 10.2 Å². The zero-order chi connectivity index (χ0) is 32.2. The third-order valence-electron chi connectivity index (χ3n) is 9.07. The predicted molar refractivity (Wildman–Crippen MR) is 190 cm³/mol. The highest BCUT2D eigenvalue weighted by Gasteiger charge is 2.21. The fraction of sp³-hybridized carbons (Fsp3) is 0.286. The molecule has 0 atom stereocenters. The molecule has 3 nitrogen and oxygen atoms in total. The Morgan fingerprint density at radius 3 is 1.38 bits per heavy atom. The molecule has 0 radical (unpaired) electrons. The van der Waals surface area contributed by atoms with Gasteiger partial charge in [-0.3, -0.25) is 0 Å². The first-order valence-corrected chi connectivity index (χ1v) is 16.2. The van der Waals surface area contributed by atoms with Crippen molar-refractivity contribution in [2.24, 2.45) is 0 Å². The third-order valence-corrected chi connectivity index (χ3v) is 9.07. The lowest BCUT2D eigenvalue weighted by Gasteiger charge is -2.21. The number of phenols is 2. The van der Waals surface area contributed by atoms with Crippen molar-refractivity contribution < 1.29 is 14.9 Å². The molecule has 6 rings (SSSR count). The average Bonchev–Trinajstić information content (AvgIpc) is 3.16. The maximum absolute atomic E-state index is 10.5. The van der Waals surface area contributed by atoms with Gasteiger partial charge < -0.3 is 14.9 Å². The molecule has 0 aliphatic carbocycles. The van der Waals surface area contributed by atoms with Crippen LogP contribution in [0.1, 0.15) is 112 Å². The van der Waals surface area contributed by atoms with E-state index < -0.39 is 0 Å². The SMILES string of the molecule is CC(C)c1cc(O)cc(C(C)C)c1-c1ccc2c(c1)C=Cc1cc3cc(-c4c(C(C)C)cc(O)cc4C(C)C)ccc3cc1O2. The Balaban J connectivity index is 1.44. The van der Waals surface area contributed by atoms with Gasteiger partial charge in [-0.2, -0.15) is 0 Å². The van der Waals surface area contributed by atoms with Crippen molar-refractivity contribution in [1.82, 2.24) is 0 Å². The number of aromatic hydroxyl groups is 2.